The molecule has 138 valence electrons. The Bertz CT molecular complexity index is 615. The van der Waals surface area contributed by atoms with Crippen LogP contribution >= 0.6 is 23.2 Å². The molecule has 25 heavy (non-hydrogen) atoms. The molecule has 2 rings (SSSR count). The zero-order valence-corrected chi connectivity index (χ0v) is 16.3. The van der Waals surface area contributed by atoms with Crippen LogP contribution in [0.15, 0.2) is 23.2 Å². The molecule has 1 saturated carbocycles. The number of amides is 1. The van der Waals surface area contributed by atoms with Crippen molar-refractivity contribution in [1.29, 1.82) is 0 Å². The van der Waals surface area contributed by atoms with Crippen molar-refractivity contribution < 1.29 is 4.79 Å². The summed E-state index contributed by atoms with van der Waals surface area (Å²) in [6.07, 6.45) is 5.05. The van der Waals surface area contributed by atoms with Gasteiger partial charge in [-0.1, -0.05) is 42.1 Å². The molecule has 1 aromatic rings. The third-order valence-electron chi connectivity index (χ3n) is 4.37. The van der Waals surface area contributed by atoms with Crippen molar-refractivity contribution in [2.45, 2.75) is 51.1 Å². The van der Waals surface area contributed by atoms with Gasteiger partial charge in [0, 0.05) is 36.1 Å². The molecule has 0 radical (unpaired) electrons. The molecule has 0 spiro atoms. The van der Waals surface area contributed by atoms with E-state index in [1.54, 1.807) is 13.1 Å². The van der Waals surface area contributed by atoms with E-state index in [1.165, 1.54) is 12.8 Å². The number of nitrogens with one attached hydrogen (secondary N) is 3. The van der Waals surface area contributed by atoms with E-state index in [1.807, 2.05) is 19.1 Å². The van der Waals surface area contributed by atoms with Crippen LogP contribution in [0.2, 0.25) is 10.0 Å². The molecule has 7 heteroatoms. The highest BCUT2D eigenvalue weighted by molar-refractivity contribution is 6.35. The second kappa shape index (κ2) is 9.88. The van der Waals surface area contributed by atoms with Crippen LogP contribution in [0, 0.1) is 0 Å². The summed E-state index contributed by atoms with van der Waals surface area (Å²) in [6, 6.07) is 5.75. The first-order valence-electron chi connectivity index (χ1n) is 8.71. The Hall–Kier alpha value is -1.46. The third kappa shape index (κ3) is 6.40. The molecule has 1 atom stereocenters. The van der Waals surface area contributed by atoms with E-state index in [0.29, 0.717) is 35.0 Å². The molecule has 0 heterocycles. The largest absolute Gasteiger partial charge is 0.356 e. The Morgan fingerprint density at radius 3 is 2.68 bits per heavy atom. The Kier molecular flexibility index (Phi) is 7.85. The first kappa shape index (κ1) is 19.9. The third-order valence-corrected chi connectivity index (χ3v) is 4.93. The quantitative estimate of drug-likeness (QED) is 0.517. The van der Waals surface area contributed by atoms with Crippen molar-refractivity contribution in [2.24, 2.45) is 4.99 Å². The van der Waals surface area contributed by atoms with Gasteiger partial charge in [-0.15, -0.1) is 0 Å². The minimum absolute atomic E-state index is 0.0386. The van der Waals surface area contributed by atoms with E-state index < -0.39 is 0 Å². The minimum atomic E-state index is -0.0386. The fraction of sp³-hybridized carbons (Fsp3) is 0.556. The molecule has 0 aromatic heterocycles. The highest BCUT2D eigenvalue weighted by Crippen LogP contribution is 2.26. The van der Waals surface area contributed by atoms with Crippen molar-refractivity contribution in [3.63, 3.8) is 0 Å². The number of guanidine groups is 1. The number of hydrogen-bond acceptors (Lipinski definition) is 2. The highest BCUT2D eigenvalue weighted by Gasteiger charge is 2.17. The molecular weight excluding hydrogens is 359 g/mol. The fourth-order valence-corrected chi connectivity index (χ4v) is 3.57. The van der Waals surface area contributed by atoms with Gasteiger partial charge in [0.2, 0.25) is 5.91 Å². The number of carbonyl (C=O) groups excluding carboxylic acids is 1. The summed E-state index contributed by atoms with van der Waals surface area (Å²) < 4.78 is 0. The second-order valence-corrected chi connectivity index (χ2v) is 7.17. The minimum Gasteiger partial charge on any atom is -0.356 e. The van der Waals surface area contributed by atoms with E-state index in [0.717, 1.165) is 18.4 Å². The molecule has 0 bridgehead atoms. The van der Waals surface area contributed by atoms with Gasteiger partial charge in [0.1, 0.15) is 0 Å². The summed E-state index contributed by atoms with van der Waals surface area (Å²) in [5.41, 5.74) is 0.938. The lowest BCUT2D eigenvalue weighted by Gasteiger charge is -2.19. The molecule has 1 amide bonds. The molecule has 1 fully saturated rings. The number of nitrogens with zero attached hydrogens (tertiary/aromatic N) is 1. The van der Waals surface area contributed by atoms with Gasteiger partial charge < -0.3 is 16.0 Å². The van der Waals surface area contributed by atoms with Gasteiger partial charge in [-0.25, -0.2) is 0 Å². The Morgan fingerprint density at radius 2 is 2.04 bits per heavy atom. The van der Waals surface area contributed by atoms with Crippen LogP contribution in [0.1, 0.15) is 50.6 Å². The van der Waals surface area contributed by atoms with Crippen LogP contribution in [-0.2, 0) is 4.79 Å². The van der Waals surface area contributed by atoms with E-state index in [4.69, 9.17) is 23.2 Å². The SMILES string of the molecule is CN=C(NCCC(=O)NC1CCCC1)NC(C)c1ccc(Cl)cc1Cl. The van der Waals surface area contributed by atoms with E-state index in [9.17, 15) is 4.79 Å². The van der Waals surface area contributed by atoms with E-state index >= 15 is 0 Å². The number of aliphatic imine (C=N–C) groups is 1. The van der Waals surface area contributed by atoms with Crippen LogP contribution in [0.5, 0.6) is 0 Å². The summed E-state index contributed by atoms with van der Waals surface area (Å²) in [5.74, 6) is 0.718. The van der Waals surface area contributed by atoms with Gasteiger partial charge in [0.25, 0.3) is 0 Å². The van der Waals surface area contributed by atoms with E-state index in [2.05, 4.69) is 20.9 Å². The smallest absolute Gasteiger partial charge is 0.221 e. The molecule has 0 saturated heterocycles. The maximum atomic E-state index is 11.9. The lowest BCUT2D eigenvalue weighted by atomic mass is 10.1. The first-order valence-corrected chi connectivity index (χ1v) is 9.46. The molecular formula is C18H26Cl2N4O. The van der Waals surface area contributed by atoms with Crippen molar-refractivity contribution in [1.82, 2.24) is 16.0 Å². The number of carbonyl (C=O) groups is 1. The molecule has 1 unspecified atom stereocenters. The van der Waals surface area contributed by atoms with Crippen LogP contribution in [0.25, 0.3) is 0 Å². The summed E-state index contributed by atoms with van der Waals surface area (Å²) in [6.45, 7) is 2.52. The Balaban J connectivity index is 1.76. The maximum absolute atomic E-state index is 11.9. The number of rotatable bonds is 6. The first-order chi connectivity index (χ1) is 12.0. The molecule has 1 aliphatic rings. The van der Waals surface area contributed by atoms with Gasteiger partial charge >= 0.3 is 0 Å². The van der Waals surface area contributed by atoms with Crippen LogP contribution in [-0.4, -0.2) is 31.5 Å². The zero-order chi connectivity index (χ0) is 18.2. The van der Waals surface area contributed by atoms with Crippen molar-refractivity contribution in [3.8, 4) is 0 Å². The molecule has 3 N–H and O–H groups in total. The number of benzene rings is 1. The van der Waals surface area contributed by atoms with Gasteiger partial charge in [0.05, 0.1) is 6.04 Å². The predicted molar refractivity (Wildman–Crippen MR) is 104 cm³/mol. The Labute approximate surface area is 159 Å². The van der Waals surface area contributed by atoms with Crippen LogP contribution in [0.4, 0.5) is 0 Å². The van der Waals surface area contributed by atoms with Crippen LogP contribution < -0.4 is 16.0 Å². The monoisotopic (exact) mass is 384 g/mol. The average molecular weight is 385 g/mol. The summed E-state index contributed by atoms with van der Waals surface area (Å²) in [5, 5.41) is 10.7. The van der Waals surface area contributed by atoms with Gasteiger partial charge in [0.15, 0.2) is 5.96 Å². The standard InChI is InChI=1S/C18H26Cl2N4O/c1-12(15-8-7-13(19)11-16(15)20)23-18(21-2)22-10-9-17(25)24-14-5-3-4-6-14/h7-8,11-12,14H,3-6,9-10H2,1-2H3,(H,24,25)(H2,21,22,23). The van der Waals surface area contributed by atoms with Gasteiger partial charge in [-0.2, -0.15) is 0 Å². The van der Waals surface area contributed by atoms with Gasteiger partial charge in [-0.05, 0) is 37.5 Å². The molecule has 1 aliphatic carbocycles. The number of hydrogen-bond donors (Lipinski definition) is 3. The van der Waals surface area contributed by atoms with Crippen molar-refractivity contribution >= 4 is 35.1 Å². The second-order valence-electron chi connectivity index (χ2n) is 6.33. The summed E-state index contributed by atoms with van der Waals surface area (Å²) in [4.78, 5) is 16.1. The Morgan fingerprint density at radius 1 is 1.32 bits per heavy atom. The zero-order valence-electron chi connectivity index (χ0n) is 14.7. The summed E-state index contributed by atoms with van der Waals surface area (Å²) >= 11 is 12.2. The normalized spacial score (nSPS) is 16.6. The lowest BCUT2D eigenvalue weighted by Crippen LogP contribution is -2.41. The maximum Gasteiger partial charge on any atom is 0.221 e. The predicted octanol–water partition coefficient (Wildman–Crippen LogP) is 3.67. The number of halogens is 2. The topological polar surface area (TPSA) is 65.5 Å². The average Bonchev–Trinajstić information content (AvgIpc) is 3.06. The fourth-order valence-electron chi connectivity index (χ4n) is 2.99. The lowest BCUT2D eigenvalue weighted by molar-refractivity contribution is -0.121. The molecule has 0 aliphatic heterocycles. The molecule has 1 aromatic carbocycles. The van der Waals surface area contributed by atoms with Crippen molar-refractivity contribution in [2.75, 3.05) is 13.6 Å². The molecule has 5 nitrogen and oxygen atoms in total. The highest BCUT2D eigenvalue weighted by atomic mass is 35.5. The van der Waals surface area contributed by atoms with Crippen molar-refractivity contribution in [3.05, 3.63) is 33.8 Å². The van der Waals surface area contributed by atoms with Gasteiger partial charge in [-0.3, -0.25) is 9.79 Å². The van der Waals surface area contributed by atoms with Crippen LogP contribution in [0.3, 0.4) is 0 Å². The van der Waals surface area contributed by atoms with E-state index in [-0.39, 0.29) is 11.9 Å². The summed E-state index contributed by atoms with van der Waals surface area (Å²) in [7, 11) is 1.70.